The van der Waals surface area contributed by atoms with Crippen LogP contribution in [-0.2, 0) is 40.2 Å². The zero-order chi connectivity index (χ0) is 54.9. The number of nitrogens with zero attached hydrogens (tertiary/aromatic N) is 1. The molecule has 0 aliphatic rings. The van der Waals surface area contributed by atoms with Crippen molar-refractivity contribution in [2.24, 2.45) is 11.7 Å². The molecular formula is C47H81N9O17. The fourth-order valence-corrected chi connectivity index (χ4v) is 7.42. The van der Waals surface area contributed by atoms with Crippen LogP contribution in [0.5, 0.6) is 0 Å². The number of carbonyl (C=O) groups excluding carboxylic acids is 8. The van der Waals surface area contributed by atoms with E-state index in [1.54, 1.807) is 38.1 Å². The zero-order valence-corrected chi connectivity index (χ0v) is 41.8. The first-order chi connectivity index (χ1) is 34.7. The lowest BCUT2D eigenvalue weighted by molar-refractivity contribution is -0.132. The van der Waals surface area contributed by atoms with E-state index in [9.17, 15) is 74.1 Å². The molecule has 0 aromatic heterocycles. The van der Waals surface area contributed by atoms with Crippen molar-refractivity contribution in [1.29, 1.82) is 0 Å². The third kappa shape index (κ3) is 27.4. The first-order valence-corrected chi connectivity index (χ1v) is 24.6. The number of aldehydes is 1. The minimum absolute atomic E-state index is 0.103. The van der Waals surface area contributed by atoms with Crippen molar-refractivity contribution in [3.63, 3.8) is 0 Å². The Morgan fingerprint density at radius 2 is 1.18 bits per heavy atom. The normalized spacial score (nSPS) is 15.5. The highest BCUT2D eigenvalue weighted by Crippen LogP contribution is 2.14. The Morgan fingerprint density at radius 3 is 1.71 bits per heavy atom. The minimum atomic E-state index is -1.66. The molecule has 1 rings (SSSR count). The average molecular weight is 1040 g/mol. The third-order valence-electron chi connectivity index (χ3n) is 11.7. The lowest BCUT2D eigenvalue weighted by Gasteiger charge is -2.32. The largest absolute Gasteiger partial charge is 0.396 e. The van der Waals surface area contributed by atoms with E-state index in [1.165, 1.54) is 4.90 Å². The summed E-state index contributed by atoms with van der Waals surface area (Å²) in [7, 11) is 0. The van der Waals surface area contributed by atoms with Gasteiger partial charge in [0.2, 0.25) is 35.9 Å². The van der Waals surface area contributed by atoms with Crippen LogP contribution in [-0.4, -0.2) is 206 Å². The monoisotopic (exact) mass is 1040 g/mol. The smallest absolute Gasteiger partial charge is 0.312 e. The standard InChI is InChI=1S/C47H81N9O17/c1-29(2)41(46(72)54-34(10-7-20-50-47(48)73)45(71)52-31-13-11-30(26-59)12-14-31)55-40(67)16-15-39(66)49-19-5-3-9-33(51-28-61)44(70)53-32(27-60)8-4-6-21-56(24-37(64)42(68)35(62)17-22-57)25-38(65)43(69)36(63)18-23-58/h11-14,27-29,32-38,41-43,57-59,62-65,68-69H,3-10,15-26H2,1-2H3,(H,49,66)(H,51,61)(H,52,71)(H,53,70)(H,54,72)(H,55,67)(H3,48,50,73)/t32?,33-,34-,35?,36?,37?,38?,41?,42?,43?/m0/s1. The number of nitrogens with one attached hydrogen (secondary N) is 7. The van der Waals surface area contributed by atoms with Gasteiger partial charge in [-0.2, -0.15) is 0 Å². The summed E-state index contributed by atoms with van der Waals surface area (Å²) in [5.41, 5.74) is 6.17. The molecule has 0 heterocycles. The molecule has 0 bridgehead atoms. The molecule has 0 spiro atoms. The van der Waals surface area contributed by atoms with Crippen LogP contribution in [0.15, 0.2) is 24.3 Å². The first-order valence-electron chi connectivity index (χ1n) is 24.6. The predicted molar refractivity (Wildman–Crippen MR) is 263 cm³/mol. The molecule has 1 aromatic rings. The minimum Gasteiger partial charge on any atom is -0.396 e. The molecule has 26 nitrogen and oxygen atoms in total. The van der Waals surface area contributed by atoms with E-state index >= 15 is 0 Å². The van der Waals surface area contributed by atoms with Crippen LogP contribution >= 0.6 is 0 Å². The summed E-state index contributed by atoms with van der Waals surface area (Å²) >= 11 is 0. The van der Waals surface area contributed by atoms with Crippen LogP contribution in [0.4, 0.5) is 10.5 Å². The molecule has 0 saturated carbocycles. The van der Waals surface area contributed by atoms with Crippen molar-refractivity contribution in [3.05, 3.63) is 29.8 Å². The summed E-state index contributed by atoms with van der Waals surface area (Å²) in [5, 5.41) is 107. The van der Waals surface area contributed by atoms with Crippen molar-refractivity contribution in [2.45, 2.75) is 158 Å². The van der Waals surface area contributed by atoms with E-state index in [2.05, 4.69) is 37.2 Å². The number of amides is 8. The predicted octanol–water partition coefficient (Wildman–Crippen LogP) is -4.54. The number of hydrogen-bond acceptors (Lipinski definition) is 18. The lowest BCUT2D eigenvalue weighted by Crippen LogP contribution is -2.54. The molecule has 8 unspecified atom stereocenters. The summed E-state index contributed by atoms with van der Waals surface area (Å²) in [6, 6.07) is 1.48. The molecule has 1 aromatic carbocycles. The van der Waals surface area contributed by atoms with Crippen molar-refractivity contribution in [1.82, 2.24) is 36.8 Å². The van der Waals surface area contributed by atoms with Gasteiger partial charge >= 0.3 is 6.03 Å². The average Bonchev–Trinajstić information content (AvgIpc) is 3.35. The summed E-state index contributed by atoms with van der Waals surface area (Å²) < 4.78 is 0. The lowest BCUT2D eigenvalue weighted by atomic mass is 10.0. The second-order valence-corrected chi connectivity index (χ2v) is 18.1. The second kappa shape index (κ2) is 37.3. The Balaban J connectivity index is 2.68. The number of hydrogen-bond donors (Lipinski definition) is 17. The van der Waals surface area contributed by atoms with Gasteiger partial charge in [0.05, 0.1) is 37.1 Å². The Morgan fingerprint density at radius 1 is 0.616 bits per heavy atom. The van der Waals surface area contributed by atoms with Crippen molar-refractivity contribution in [3.8, 4) is 0 Å². The number of urea groups is 1. The quantitative estimate of drug-likeness (QED) is 0.0217. The molecule has 0 fully saturated rings. The fourth-order valence-electron chi connectivity index (χ4n) is 7.42. The van der Waals surface area contributed by atoms with Gasteiger partial charge in [-0.25, -0.2) is 4.79 Å². The Bertz CT molecular complexity index is 1770. The van der Waals surface area contributed by atoms with Crippen molar-refractivity contribution in [2.75, 3.05) is 51.3 Å². The number of carbonyl (C=O) groups is 8. The number of aliphatic hydroxyl groups excluding tert-OH is 9. The maximum atomic E-state index is 13.5. The Labute approximate surface area is 425 Å². The van der Waals surface area contributed by atoms with E-state index in [-0.39, 0.29) is 90.7 Å². The number of primary amides is 1. The molecule has 73 heavy (non-hydrogen) atoms. The van der Waals surface area contributed by atoms with Gasteiger partial charge in [0.25, 0.3) is 0 Å². The molecule has 0 aliphatic heterocycles. The molecule has 416 valence electrons. The Hall–Kier alpha value is -5.42. The molecular weight excluding hydrogens is 963 g/mol. The summed E-state index contributed by atoms with van der Waals surface area (Å²) in [5.74, 6) is -3.36. The van der Waals surface area contributed by atoms with Gasteiger partial charge in [-0.15, -0.1) is 0 Å². The van der Waals surface area contributed by atoms with Crippen molar-refractivity contribution >= 4 is 54.0 Å². The van der Waals surface area contributed by atoms with Crippen molar-refractivity contribution < 1.29 is 84.3 Å². The molecule has 18 N–H and O–H groups in total. The van der Waals surface area contributed by atoms with Crippen LogP contribution < -0.4 is 43.0 Å². The molecule has 8 amide bonds. The second-order valence-electron chi connectivity index (χ2n) is 18.1. The molecule has 10 atom stereocenters. The van der Waals surface area contributed by atoms with Gasteiger partial charge in [-0.1, -0.05) is 26.0 Å². The van der Waals surface area contributed by atoms with Gasteiger partial charge in [0.15, 0.2) is 0 Å². The highest BCUT2D eigenvalue weighted by molar-refractivity contribution is 5.98. The first kappa shape index (κ1) is 65.6. The van der Waals surface area contributed by atoms with E-state index in [0.717, 1.165) is 0 Å². The topological polar surface area (TPSA) is 432 Å². The van der Waals surface area contributed by atoms with E-state index in [1.807, 2.05) is 0 Å². The van der Waals surface area contributed by atoms with Crippen LogP contribution in [0.2, 0.25) is 0 Å². The Kier molecular flexibility index (Phi) is 33.5. The number of benzene rings is 1. The molecule has 0 radical (unpaired) electrons. The summed E-state index contributed by atoms with van der Waals surface area (Å²) in [4.78, 5) is 101. The number of rotatable bonds is 41. The van der Waals surface area contributed by atoms with Crippen LogP contribution in [0.25, 0.3) is 0 Å². The highest BCUT2D eigenvalue weighted by atomic mass is 16.4. The van der Waals surface area contributed by atoms with Crippen LogP contribution in [0.1, 0.15) is 96.5 Å². The van der Waals surface area contributed by atoms with Gasteiger partial charge in [0.1, 0.15) is 36.6 Å². The number of anilines is 1. The zero-order valence-electron chi connectivity index (χ0n) is 41.8. The fraction of sp³-hybridized carbons (Fsp3) is 0.702. The molecule has 0 saturated heterocycles. The maximum absolute atomic E-state index is 13.5. The molecule has 0 aliphatic carbocycles. The van der Waals surface area contributed by atoms with Gasteiger partial charge in [0, 0.05) is 57.9 Å². The number of unbranched alkanes of at least 4 members (excludes halogenated alkanes) is 2. The summed E-state index contributed by atoms with van der Waals surface area (Å²) in [6.45, 7) is 2.06. The van der Waals surface area contributed by atoms with E-state index in [0.29, 0.717) is 49.6 Å². The third-order valence-corrected chi connectivity index (χ3v) is 11.7. The van der Waals surface area contributed by atoms with E-state index < -0.39 is 115 Å². The number of aliphatic hydroxyl groups is 9. The number of nitrogens with two attached hydrogens (primary N) is 1. The van der Waals surface area contributed by atoms with Crippen LogP contribution in [0.3, 0.4) is 0 Å². The highest BCUT2D eigenvalue weighted by Gasteiger charge is 2.32. The van der Waals surface area contributed by atoms with Gasteiger partial charge in [-0.3, -0.25) is 33.7 Å². The summed E-state index contributed by atoms with van der Waals surface area (Å²) in [6.07, 6.45) is -7.45. The SMILES string of the molecule is CC(C)C(NC(=O)CCC(=O)NCCCC[C@H](NC=O)C(=O)NC(C=O)CCCCN(CC(O)C(O)C(O)CCO)CC(O)C(O)C(O)CCO)C(=O)N[C@@H](CCCNC(N)=O)C(=O)Nc1ccc(CO)cc1. The molecule has 26 heteroatoms. The van der Waals surface area contributed by atoms with E-state index in [4.69, 9.17) is 15.9 Å². The van der Waals surface area contributed by atoms with Gasteiger partial charge in [-0.05, 0) is 94.4 Å². The van der Waals surface area contributed by atoms with Crippen LogP contribution in [0, 0.1) is 5.92 Å². The van der Waals surface area contributed by atoms with Gasteiger partial charge < -0.3 is 93.7 Å². The maximum Gasteiger partial charge on any atom is 0.312 e.